The molecule has 2 aromatic rings. The molecule has 0 saturated carbocycles. The van der Waals surface area contributed by atoms with Gasteiger partial charge in [0.25, 0.3) is 10.6 Å². The molecule has 0 unspecified atom stereocenters. The second-order valence-electron chi connectivity index (χ2n) is 6.85. The summed E-state index contributed by atoms with van der Waals surface area (Å²) in [5.41, 5.74) is 7.89. The molecule has 4 heterocycles. The lowest BCUT2D eigenvalue weighted by molar-refractivity contribution is -0.738. The number of nitrogens with one attached hydrogen (secondary N) is 1. The molecule has 0 saturated heterocycles. The SMILES string of the molecule is CC1(C)Cc2c(sc3[nH+]c4[n+](c(N)c23)CCCCC4)CO1. The second kappa shape index (κ2) is 4.65. The summed E-state index contributed by atoms with van der Waals surface area (Å²) in [5, 5.41) is 1.25. The van der Waals surface area contributed by atoms with E-state index in [2.05, 4.69) is 23.4 Å². The Balaban J connectivity index is 1.95. The zero-order valence-corrected chi connectivity index (χ0v) is 13.6. The van der Waals surface area contributed by atoms with Crippen molar-refractivity contribution >= 4 is 27.4 Å². The maximum Gasteiger partial charge on any atom is 0.419 e. The van der Waals surface area contributed by atoms with Crippen LogP contribution < -0.4 is 15.3 Å². The van der Waals surface area contributed by atoms with Gasteiger partial charge in [-0.1, -0.05) is 11.3 Å². The van der Waals surface area contributed by atoms with Crippen molar-refractivity contribution in [3.8, 4) is 0 Å². The van der Waals surface area contributed by atoms with Gasteiger partial charge in [-0.05, 0) is 32.3 Å². The first-order valence-electron chi connectivity index (χ1n) is 7.87. The molecule has 2 aromatic heterocycles. The van der Waals surface area contributed by atoms with Crippen LogP contribution in [0.4, 0.5) is 5.82 Å². The average molecular weight is 305 g/mol. The molecule has 2 aliphatic rings. The van der Waals surface area contributed by atoms with E-state index in [9.17, 15) is 0 Å². The van der Waals surface area contributed by atoms with Gasteiger partial charge in [0.1, 0.15) is 0 Å². The number of anilines is 1. The van der Waals surface area contributed by atoms with Gasteiger partial charge in [-0.15, -0.1) is 9.55 Å². The Kier molecular flexibility index (Phi) is 2.98. The third-order valence-corrected chi connectivity index (χ3v) is 5.83. The van der Waals surface area contributed by atoms with E-state index in [1.54, 1.807) is 0 Å². The molecular weight excluding hydrogens is 282 g/mol. The number of aromatic amines is 1. The minimum absolute atomic E-state index is 0.0924. The third-order valence-electron chi connectivity index (χ3n) is 4.71. The molecule has 0 aromatic carbocycles. The molecule has 21 heavy (non-hydrogen) atoms. The van der Waals surface area contributed by atoms with Crippen molar-refractivity contribution in [3.63, 3.8) is 0 Å². The van der Waals surface area contributed by atoms with Crippen LogP contribution in [0.3, 0.4) is 0 Å². The maximum absolute atomic E-state index is 6.58. The van der Waals surface area contributed by atoms with Crippen LogP contribution in [0.2, 0.25) is 0 Å². The number of ether oxygens (including phenoxy) is 1. The van der Waals surface area contributed by atoms with Crippen molar-refractivity contribution in [2.24, 2.45) is 0 Å². The number of hydrogen-bond acceptors (Lipinski definition) is 3. The number of H-pyrrole nitrogens is 1. The van der Waals surface area contributed by atoms with Crippen LogP contribution in [0.25, 0.3) is 10.2 Å². The molecule has 0 fully saturated rings. The fraction of sp³-hybridized carbons (Fsp3) is 0.625. The number of thiophene rings is 1. The molecule has 0 radical (unpaired) electrons. The molecule has 2 aliphatic heterocycles. The van der Waals surface area contributed by atoms with Crippen molar-refractivity contribution in [3.05, 3.63) is 16.3 Å². The number of fused-ring (bicyclic) bond motifs is 4. The summed E-state index contributed by atoms with van der Waals surface area (Å²) >= 11 is 1.82. The van der Waals surface area contributed by atoms with Crippen molar-refractivity contribution in [2.75, 3.05) is 5.73 Å². The van der Waals surface area contributed by atoms with E-state index < -0.39 is 0 Å². The summed E-state index contributed by atoms with van der Waals surface area (Å²) in [4.78, 5) is 6.23. The van der Waals surface area contributed by atoms with E-state index in [0.29, 0.717) is 6.61 Å². The maximum atomic E-state index is 6.58. The Labute approximate surface area is 128 Å². The summed E-state index contributed by atoms with van der Waals surface area (Å²) in [5.74, 6) is 2.24. The van der Waals surface area contributed by atoms with Gasteiger partial charge < -0.3 is 10.5 Å². The number of aromatic nitrogens is 2. The number of nitrogens with two attached hydrogens (primary N) is 1. The van der Waals surface area contributed by atoms with Crippen LogP contribution in [-0.4, -0.2) is 5.60 Å². The van der Waals surface area contributed by atoms with Gasteiger partial charge in [0.05, 0.1) is 18.6 Å². The first kappa shape index (κ1) is 13.5. The Bertz CT molecular complexity index is 720. The van der Waals surface area contributed by atoms with E-state index in [0.717, 1.165) is 25.2 Å². The first-order valence-corrected chi connectivity index (χ1v) is 8.68. The number of hydrogen-bond donors (Lipinski definition) is 1. The summed E-state index contributed by atoms with van der Waals surface area (Å²) in [6, 6.07) is 0. The number of nitrogen functional groups attached to an aromatic ring is 1. The van der Waals surface area contributed by atoms with E-state index >= 15 is 0 Å². The Morgan fingerprint density at radius 1 is 1.29 bits per heavy atom. The van der Waals surface area contributed by atoms with Crippen molar-refractivity contribution in [2.45, 2.75) is 64.7 Å². The molecule has 4 rings (SSSR count). The molecule has 112 valence electrons. The van der Waals surface area contributed by atoms with Crippen LogP contribution in [0, 0.1) is 0 Å². The van der Waals surface area contributed by atoms with Crippen LogP contribution >= 0.6 is 11.3 Å². The van der Waals surface area contributed by atoms with Crippen molar-refractivity contribution < 1.29 is 14.3 Å². The average Bonchev–Trinajstić information content (AvgIpc) is 2.62. The van der Waals surface area contributed by atoms with Crippen LogP contribution in [-0.2, 0) is 30.7 Å². The van der Waals surface area contributed by atoms with E-state index in [1.807, 2.05) is 11.3 Å². The van der Waals surface area contributed by atoms with Gasteiger partial charge >= 0.3 is 5.82 Å². The van der Waals surface area contributed by atoms with Gasteiger partial charge in [0.2, 0.25) is 0 Å². The normalized spacial score (nSPS) is 20.9. The van der Waals surface area contributed by atoms with E-state index in [-0.39, 0.29) is 5.60 Å². The Morgan fingerprint density at radius 3 is 3.00 bits per heavy atom. The molecule has 3 N–H and O–H groups in total. The van der Waals surface area contributed by atoms with E-state index in [1.165, 1.54) is 45.7 Å². The number of rotatable bonds is 0. The highest BCUT2D eigenvalue weighted by Crippen LogP contribution is 2.39. The monoisotopic (exact) mass is 305 g/mol. The molecule has 0 atom stereocenters. The zero-order valence-electron chi connectivity index (χ0n) is 12.8. The second-order valence-corrected chi connectivity index (χ2v) is 7.96. The predicted octanol–water partition coefficient (Wildman–Crippen LogP) is 2.16. The topological polar surface area (TPSA) is 53.3 Å². The summed E-state index contributed by atoms with van der Waals surface area (Å²) in [7, 11) is 0. The highest BCUT2D eigenvalue weighted by Gasteiger charge is 2.36. The summed E-state index contributed by atoms with van der Waals surface area (Å²) in [6.45, 7) is 6.08. The zero-order chi connectivity index (χ0) is 14.6. The number of aryl methyl sites for hydroxylation is 1. The van der Waals surface area contributed by atoms with Crippen LogP contribution in [0.5, 0.6) is 0 Å². The van der Waals surface area contributed by atoms with Crippen LogP contribution in [0.15, 0.2) is 0 Å². The lowest BCUT2D eigenvalue weighted by atomic mass is 9.94. The highest BCUT2D eigenvalue weighted by atomic mass is 32.1. The quantitative estimate of drug-likeness (QED) is 0.758. The fourth-order valence-electron chi connectivity index (χ4n) is 3.58. The van der Waals surface area contributed by atoms with E-state index in [4.69, 9.17) is 10.5 Å². The lowest BCUT2D eigenvalue weighted by Gasteiger charge is -2.29. The van der Waals surface area contributed by atoms with Gasteiger partial charge in [0, 0.05) is 17.7 Å². The minimum atomic E-state index is -0.0924. The molecular formula is C16H23N3OS+2. The van der Waals surface area contributed by atoms with Crippen molar-refractivity contribution in [1.29, 1.82) is 0 Å². The van der Waals surface area contributed by atoms with Gasteiger partial charge in [0.15, 0.2) is 11.9 Å². The van der Waals surface area contributed by atoms with Crippen LogP contribution in [0.1, 0.15) is 49.4 Å². The summed E-state index contributed by atoms with van der Waals surface area (Å²) < 4.78 is 8.27. The fourth-order valence-corrected chi connectivity index (χ4v) is 4.74. The lowest BCUT2D eigenvalue weighted by Crippen LogP contribution is -2.46. The molecule has 5 heteroatoms. The molecule has 0 spiro atoms. The molecule has 0 bridgehead atoms. The van der Waals surface area contributed by atoms with Gasteiger partial charge in [-0.25, -0.2) is 0 Å². The standard InChI is InChI=1S/C16H21N3OS/c1-16(2)8-10-11(9-20-16)21-15-13(10)14(17)19-7-5-3-4-6-12(19)18-15/h17H,3-9H2,1-2H3/p+2. The third kappa shape index (κ3) is 2.14. The van der Waals surface area contributed by atoms with Crippen molar-refractivity contribution in [1.82, 2.24) is 0 Å². The number of nitrogens with zero attached hydrogens (tertiary/aromatic N) is 1. The molecule has 0 amide bonds. The predicted molar refractivity (Wildman–Crippen MR) is 83.1 cm³/mol. The summed E-state index contributed by atoms with van der Waals surface area (Å²) in [6.07, 6.45) is 5.82. The largest absolute Gasteiger partial charge is 0.419 e. The molecule has 0 aliphatic carbocycles. The minimum Gasteiger partial charge on any atom is -0.370 e. The van der Waals surface area contributed by atoms with Gasteiger partial charge in [-0.2, -0.15) is 0 Å². The first-order chi connectivity index (χ1) is 10.1. The highest BCUT2D eigenvalue weighted by molar-refractivity contribution is 7.18. The smallest absolute Gasteiger partial charge is 0.370 e. The Hall–Kier alpha value is -1.20. The van der Waals surface area contributed by atoms with Gasteiger partial charge in [-0.3, -0.25) is 0 Å². The molecule has 4 nitrogen and oxygen atoms in total. The Morgan fingerprint density at radius 2 is 2.14 bits per heavy atom.